The lowest BCUT2D eigenvalue weighted by Gasteiger charge is -2.18. The van der Waals surface area contributed by atoms with Crippen molar-refractivity contribution in [3.8, 4) is 0 Å². The number of aromatic carboxylic acids is 1. The standard InChI is InChI=1S/C14H14N4O2/c1-2-10-12(14(19)20)13-16-7-5-11(18(13)17-10)9-4-3-6-15-8-9/h3-6,8,16H,2,7H2,1H3,(H,19,20). The molecule has 2 aromatic heterocycles. The lowest BCUT2D eigenvalue weighted by Crippen LogP contribution is -2.16. The molecule has 0 saturated carbocycles. The van der Waals surface area contributed by atoms with Crippen molar-refractivity contribution in [1.82, 2.24) is 14.8 Å². The van der Waals surface area contributed by atoms with Crippen molar-refractivity contribution in [2.45, 2.75) is 13.3 Å². The molecule has 3 rings (SSSR count). The van der Waals surface area contributed by atoms with E-state index in [4.69, 9.17) is 0 Å². The fourth-order valence-corrected chi connectivity index (χ4v) is 2.36. The summed E-state index contributed by atoms with van der Waals surface area (Å²) in [6.07, 6.45) is 6.00. The number of rotatable bonds is 3. The van der Waals surface area contributed by atoms with E-state index in [2.05, 4.69) is 15.4 Å². The Hall–Kier alpha value is -2.63. The van der Waals surface area contributed by atoms with E-state index in [1.165, 1.54) is 0 Å². The van der Waals surface area contributed by atoms with E-state index in [-0.39, 0.29) is 5.56 Å². The summed E-state index contributed by atoms with van der Waals surface area (Å²) in [4.78, 5) is 15.5. The maximum atomic E-state index is 11.4. The molecule has 0 amide bonds. The van der Waals surface area contributed by atoms with Gasteiger partial charge in [-0.15, -0.1) is 0 Å². The van der Waals surface area contributed by atoms with Crippen LogP contribution in [0.2, 0.25) is 0 Å². The predicted octanol–water partition coefficient (Wildman–Crippen LogP) is 1.85. The van der Waals surface area contributed by atoms with E-state index in [1.807, 2.05) is 25.1 Å². The van der Waals surface area contributed by atoms with Crippen LogP contribution in [0, 0.1) is 0 Å². The lowest BCUT2D eigenvalue weighted by atomic mass is 10.1. The van der Waals surface area contributed by atoms with Gasteiger partial charge in [0.15, 0.2) is 0 Å². The maximum Gasteiger partial charge on any atom is 0.341 e. The molecular weight excluding hydrogens is 256 g/mol. The molecule has 0 saturated heterocycles. The monoisotopic (exact) mass is 270 g/mol. The minimum absolute atomic E-state index is 0.252. The number of hydrogen-bond acceptors (Lipinski definition) is 4. The molecule has 0 atom stereocenters. The first-order valence-electron chi connectivity index (χ1n) is 6.42. The number of nitrogens with zero attached hydrogens (tertiary/aromatic N) is 3. The molecule has 1 aliphatic rings. The van der Waals surface area contributed by atoms with Crippen LogP contribution in [0.15, 0.2) is 30.6 Å². The number of carbonyl (C=O) groups is 1. The highest BCUT2D eigenvalue weighted by Gasteiger charge is 2.26. The van der Waals surface area contributed by atoms with Gasteiger partial charge in [-0.3, -0.25) is 4.98 Å². The van der Waals surface area contributed by atoms with Gasteiger partial charge in [-0.05, 0) is 24.6 Å². The minimum atomic E-state index is -0.956. The molecule has 6 nitrogen and oxygen atoms in total. The first-order chi connectivity index (χ1) is 9.72. The van der Waals surface area contributed by atoms with Gasteiger partial charge in [-0.1, -0.05) is 6.92 Å². The second-order valence-corrected chi connectivity index (χ2v) is 4.45. The van der Waals surface area contributed by atoms with Gasteiger partial charge in [0.1, 0.15) is 11.4 Å². The van der Waals surface area contributed by atoms with E-state index in [0.29, 0.717) is 24.5 Å². The van der Waals surface area contributed by atoms with Crippen LogP contribution >= 0.6 is 0 Å². The highest BCUT2D eigenvalue weighted by atomic mass is 16.4. The van der Waals surface area contributed by atoms with Gasteiger partial charge in [0.2, 0.25) is 0 Å². The van der Waals surface area contributed by atoms with Gasteiger partial charge in [0, 0.05) is 24.5 Å². The van der Waals surface area contributed by atoms with Crippen molar-refractivity contribution in [3.05, 3.63) is 47.4 Å². The molecule has 6 heteroatoms. The Labute approximate surface area is 115 Å². The van der Waals surface area contributed by atoms with E-state index < -0.39 is 5.97 Å². The third-order valence-corrected chi connectivity index (χ3v) is 3.26. The first kappa shape index (κ1) is 12.4. The van der Waals surface area contributed by atoms with E-state index in [9.17, 15) is 9.90 Å². The summed E-state index contributed by atoms with van der Waals surface area (Å²) in [6, 6.07) is 3.78. The van der Waals surface area contributed by atoms with E-state index in [0.717, 1.165) is 11.3 Å². The molecule has 2 aromatic rings. The largest absolute Gasteiger partial charge is 0.477 e. The number of pyridine rings is 1. The number of aromatic nitrogens is 3. The Morgan fingerprint density at radius 3 is 3.05 bits per heavy atom. The Morgan fingerprint density at radius 2 is 2.40 bits per heavy atom. The Bertz CT molecular complexity index is 689. The molecule has 102 valence electrons. The van der Waals surface area contributed by atoms with Crippen LogP contribution in [0.5, 0.6) is 0 Å². The van der Waals surface area contributed by atoms with E-state index in [1.54, 1.807) is 17.1 Å². The summed E-state index contributed by atoms with van der Waals surface area (Å²) >= 11 is 0. The summed E-state index contributed by atoms with van der Waals surface area (Å²) in [7, 11) is 0. The molecular formula is C14H14N4O2. The SMILES string of the molecule is CCc1nn2c(c1C(=O)O)NCC=C2c1cccnc1. The van der Waals surface area contributed by atoms with Crippen LogP contribution in [0.25, 0.3) is 5.70 Å². The summed E-state index contributed by atoms with van der Waals surface area (Å²) < 4.78 is 1.66. The maximum absolute atomic E-state index is 11.4. The van der Waals surface area contributed by atoms with Crippen LogP contribution in [0.4, 0.5) is 5.82 Å². The van der Waals surface area contributed by atoms with Gasteiger partial charge in [-0.25, -0.2) is 9.48 Å². The third kappa shape index (κ3) is 1.85. The molecule has 0 aliphatic carbocycles. The second kappa shape index (κ2) is 4.80. The molecule has 0 radical (unpaired) electrons. The Balaban J connectivity index is 2.17. The lowest BCUT2D eigenvalue weighted by molar-refractivity contribution is 0.0697. The zero-order valence-electron chi connectivity index (χ0n) is 11.0. The van der Waals surface area contributed by atoms with Crippen molar-refractivity contribution >= 4 is 17.5 Å². The average Bonchev–Trinajstić information content (AvgIpc) is 2.86. The highest BCUT2D eigenvalue weighted by Crippen LogP contribution is 2.29. The van der Waals surface area contributed by atoms with Crippen molar-refractivity contribution in [2.75, 3.05) is 11.9 Å². The van der Waals surface area contributed by atoms with E-state index >= 15 is 0 Å². The number of fused-ring (bicyclic) bond motifs is 1. The number of hydrogen-bond donors (Lipinski definition) is 2. The van der Waals surface area contributed by atoms with Crippen LogP contribution < -0.4 is 5.32 Å². The van der Waals surface area contributed by atoms with Gasteiger partial charge in [0.25, 0.3) is 0 Å². The fourth-order valence-electron chi connectivity index (χ4n) is 2.36. The number of anilines is 1. The molecule has 3 heterocycles. The zero-order chi connectivity index (χ0) is 14.1. The van der Waals surface area contributed by atoms with Crippen molar-refractivity contribution in [2.24, 2.45) is 0 Å². The quantitative estimate of drug-likeness (QED) is 0.889. The van der Waals surface area contributed by atoms with Crippen molar-refractivity contribution < 1.29 is 9.90 Å². The molecule has 0 spiro atoms. The topological polar surface area (TPSA) is 80.0 Å². The number of carboxylic acid groups (broad SMARTS) is 1. The number of carboxylic acids is 1. The average molecular weight is 270 g/mol. The van der Waals surface area contributed by atoms with Crippen molar-refractivity contribution in [1.29, 1.82) is 0 Å². The number of nitrogens with one attached hydrogen (secondary N) is 1. The Morgan fingerprint density at radius 1 is 1.55 bits per heavy atom. The molecule has 1 aliphatic heterocycles. The second-order valence-electron chi connectivity index (χ2n) is 4.45. The smallest absolute Gasteiger partial charge is 0.341 e. The predicted molar refractivity (Wildman–Crippen MR) is 74.7 cm³/mol. The molecule has 0 aromatic carbocycles. The van der Waals surface area contributed by atoms with Gasteiger partial charge < -0.3 is 10.4 Å². The summed E-state index contributed by atoms with van der Waals surface area (Å²) in [5, 5.41) is 16.9. The van der Waals surface area contributed by atoms with Gasteiger partial charge in [0.05, 0.1) is 11.4 Å². The van der Waals surface area contributed by atoms with Gasteiger partial charge in [-0.2, -0.15) is 5.10 Å². The third-order valence-electron chi connectivity index (χ3n) is 3.26. The summed E-state index contributed by atoms with van der Waals surface area (Å²) in [6.45, 7) is 2.47. The normalized spacial score (nSPS) is 13.3. The fraction of sp³-hybridized carbons (Fsp3) is 0.214. The molecule has 2 N–H and O–H groups in total. The molecule has 20 heavy (non-hydrogen) atoms. The van der Waals surface area contributed by atoms with Gasteiger partial charge >= 0.3 is 5.97 Å². The Kier molecular flexibility index (Phi) is 2.98. The molecule has 0 unspecified atom stereocenters. The zero-order valence-corrected chi connectivity index (χ0v) is 11.0. The van der Waals surface area contributed by atoms with Crippen LogP contribution in [-0.4, -0.2) is 32.4 Å². The highest BCUT2D eigenvalue weighted by molar-refractivity contribution is 5.96. The molecule has 0 bridgehead atoms. The summed E-state index contributed by atoms with van der Waals surface area (Å²) in [5.74, 6) is -0.418. The summed E-state index contributed by atoms with van der Waals surface area (Å²) in [5.41, 5.74) is 2.60. The van der Waals surface area contributed by atoms with Crippen LogP contribution in [0.3, 0.4) is 0 Å². The van der Waals surface area contributed by atoms with Crippen LogP contribution in [0.1, 0.15) is 28.5 Å². The first-order valence-corrected chi connectivity index (χ1v) is 6.42. The molecule has 0 fully saturated rings. The van der Waals surface area contributed by atoms with Crippen LogP contribution in [-0.2, 0) is 6.42 Å². The minimum Gasteiger partial charge on any atom is -0.477 e. The number of aryl methyl sites for hydroxylation is 1. The van der Waals surface area contributed by atoms with Crippen molar-refractivity contribution in [3.63, 3.8) is 0 Å².